The monoisotopic (exact) mass is 207 g/mol. The predicted octanol–water partition coefficient (Wildman–Crippen LogP) is 2.70. The normalized spacial score (nSPS) is 10.8. The van der Waals surface area contributed by atoms with Crippen molar-refractivity contribution in [3.05, 3.63) is 65.0 Å². The van der Waals surface area contributed by atoms with Crippen molar-refractivity contribution < 1.29 is 0 Å². The van der Waals surface area contributed by atoms with Gasteiger partial charge >= 0.3 is 0 Å². The summed E-state index contributed by atoms with van der Waals surface area (Å²) in [5.41, 5.74) is 1.78. The van der Waals surface area contributed by atoms with E-state index in [4.69, 9.17) is 0 Å². The molecule has 1 aromatic rings. The van der Waals surface area contributed by atoms with Crippen LogP contribution in [0.2, 0.25) is 0 Å². The van der Waals surface area contributed by atoms with Gasteiger partial charge in [0.05, 0.1) is 5.69 Å². The average molecular weight is 207 g/mol. The zero-order chi connectivity index (χ0) is 11.0. The Labute approximate surface area is 92.5 Å². The van der Waals surface area contributed by atoms with Crippen LogP contribution in [0.15, 0.2) is 59.5 Å². The van der Waals surface area contributed by atoms with Crippen LogP contribution in [-0.2, 0) is 0 Å². The van der Waals surface area contributed by atoms with E-state index in [1.807, 2.05) is 30.3 Å². The van der Waals surface area contributed by atoms with Gasteiger partial charge in [-0.15, -0.1) is 0 Å². The standard InChI is InChI=1S/C14H9NO/c16-11-5-6-14-13(9-11)12-4-2-1-3-10(12)7-8-15-14/h1-9H. The van der Waals surface area contributed by atoms with E-state index in [1.165, 1.54) is 0 Å². The van der Waals surface area contributed by atoms with Gasteiger partial charge in [0, 0.05) is 11.8 Å². The topological polar surface area (TPSA) is 30.0 Å². The molecule has 0 atom stereocenters. The van der Waals surface area contributed by atoms with E-state index in [9.17, 15) is 4.79 Å². The van der Waals surface area contributed by atoms with Crippen molar-refractivity contribution in [2.75, 3.05) is 0 Å². The van der Waals surface area contributed by atoms with E-state index < -0.39 is 0 Å². The fourth-order valence-electron chi connectivity index (χ4n) is 1.93. The van der Waals surface area contributed by atoms with E-state index >= 15 is 0 Å². The first-order chi connectivity index (χ1) is 7.84. The summed E-state index contributed by atoms with van der Waals surface area (Å²) in [6.07, 6.45) is 1.77. The van der Waals surface area contributed by atoms with Gasteiger partial charge in [-0.25, -0.2) is 0 Å². The fraction of sp³-hybridized carbons (Fsp3) is 0. The van der Waals surface area contributed by atoms with Crippen molar-refractivity contribution in [3.8, 4) is 11.3 Å². The molecular weight excluding hydrogens is 198 g/mol. The SMILES string of the molecule is O=c1ccc2nccc3ccccc3c-2c1. The first kappa shape index (κ1) is 9.04. The number of hydrogen-bond donors (Lipinski definition) is 0. The second kappa shape index (κ2) is 3.42. The minimum absolute atomic E-state index is 0.0191. The Hall–Kier alpha value is -2.22. The summed E-state index contributed by atoms with van der Waals surface area (Å²) in [5.74, 6) is 0. The van der Waals surface area contributed by atoms with Crippen LogP contribution in [0, 0.1) is 0 Å². The summed E-state index contributed by atoms with van der Waals surface area (Å²) in [7, 11) is 0. The molecule has 16 heavy (non-hydrogen) atoms. The summed E-state index contributed by atoms with van der Waals surface area (Å²) in [6.45, 7) is 0. The lowest BCUT2D eigenvalue weighted by atomic mass is 10.0. The second-order valence-corrected chi connectivity index (χ2v) is 3.71. The van der Waals surface area contributed by atoms with Crippen LogP contribution in [0.4, 0.5) is 0 Å². The molecule has 76 valence electrons. The molecule has 0 saturated heterocycles. The number of benzene rings is 2. The van der Waals surface area contributed by atoms with Crippen LogP contribution in [0.1, 0.15) is 0 Å². The van der Waals surface area contributed by atoms with Crippen LogP contribution in [0.25, 0.3) is 22.0 Å². The van der Waals surface area contributed by atoms with Gasteiger partial charge in [0.2, 0.25) is 0 Å². The molecule has 1 aliphatic heterocycles. The third-order valence-electron chi connectivity index (χ3n) is 2.69. The van der Waals surface area contributed by atoms with E-state index in [1.54, 1.807) is 24.4 Å². The van der Waals surface area contributed by atoms with E-state index in [0.29, 0.717) is 0 Å². The molecule has 1 aliphatic carbocycles. The molecule has 0 saturated carbocycles. The van der Waals surface area contributed by atoms with E-state index in [2.05, 4.69) is 4.98 Å². The highest BCUT2D eigenvalue weighted by Gasteiger charge is 2.05. The highest BCUT2D eigenvalue weighted by Crippen LogP contribution is 2.25. The lowest BCUT2D eigenvalue weighted by molar-refractivity contribution is 1.35. The molecule has 0 aromatic heterocycles. The third-order valence-corrected chi connectivity index (χ3v) is 2.69. The molecule has 0 radical (unpaired) electrons. The van der Waals surface area contributed by atoms with Gasteiger partial charge in [0.1, 0.15) is 0 Å². The molecule has 0 unspecified atom stereocenters. The van der Waals surface area contributed by atoms with Gasteiger partial charge in [-0.3, -0.25) is 9.78 Å². The highest BCUT2D eigenvalue weighted by atomic mass is 16.1. The van der Waals surface area contributed by atoms with Crippen LogP contribution in [0.5, 0.6) is 0 Å². The molecule has 3 rings (SSSR count). The first-order valence-corrected chi connectivity index (χ1v) is 5.12. The van der Waals surface area contributed by atoms with Crippen LogP contribution >= 0.6 is 0 Å². The maximum absolute atomic E-state index is 11.4. The maximum Gasteiger partial charge on any atom is 0.179 e. The number of aromatic nitrogens is 1. The van der Waals surface area contributed by atoms with Gasteiger partial charge in [-0.1, -0.05) is 24.3 Å². The molecule has 1 aromatic carbocycles. The van der Waals surface area contributed by atoms with Gasteiger partial charge in [0.25, 0.3) is 0 Å². The Balaban J connectivity index is 2.59. The lowest BCUT2D eigenvalue weighted by Crippen LogP contribution is -1.97. The molecular formula is C14H9NO. The van der Waals surface area contributed by atoms with Crippen molar-refractivity contribution >= 4 is 10.8 Å². The summed E-state index contributed by atoms with van der Waals surface area (Å²) < 4.78 is 0. The largest absolute Gasteiger partial charge is 0.290 e. The van der Waals surface area contributed by atoms with Gasteiger partial charge in [-0.2, -0.15) is 0 Å². The van der Waals surface area contributed by atoms with Crippen molar-refractivity contribution in [1.29, 1.82) is 0 Å². The Morgan fingerprint density at radius 2 is 1.81 bits per heavy atom. The summed E-state index contributed by atoms with van der Waals surface area (Å²) in [4.78, 5) is 15.7. The minimum Gasteiger partial charge on any atom is -0.290 e. The zero-order valence-corrected chi connectivity index (χ0v) is 8.55. The quantitative estimate of drug-likeness (QED) is 0.567. The number of rotatable bonds is 0. The Morgan fingerprint density at radius 3 is 2.75 bits per heavy atom. The van der Waals surface area contributed by atoms with Gasteiger partial charge in [-0.05, 0) is 35.0 Å². The Bertz CT molecular complexity index is 691. The molecule has 2 aliphatic rings. The van der Waals surface area contributed by atoms with Crippen LogP contribution in [-0.4, -0.2) is 4.98 Å². The van der Waals surface area contributed by atoms with Crippen LogP contribution in [0.3, 0.4) is 0 Å². The zero-order valence-electron chi connectivity index (χ0n) is 8.55. The lowest BCUT2D eigenvalue weighted by Gasteiger charge is -2.00. The van der Waals surface area contributed by atoms with Crippen molar-refractivity contribution in [3.63, 3.8) is 0 Å². The molecule has 2 heteroatoms. The molecule has 0 N–H and O–H groups in total. The van der Waals surface area contributed by atoms with Crippen molar-refractivity contribution in [1.82, 2.24) is 4.98 Å². The summed E-state index contributed by atoms with van der Waals surface area (Å²) in [6, 6.07) is 14.9. The van der Waals surface area contributed by atoms with E-state index in [-0.39, 0.29) is 5.43 Å². The third kappa shape index (κ3) is 1.36. The molecule has 0 bridgehead atoms. The smallest absolute Gasteiger partial charge is 0.179 e. The fourth-order valence-corrected chi connectivity index (χ4v) is 1.93. The predicted molar refractivity (Wildman–Crippen MR) is 64.6 cm³/mol. The number of fused-ring (bicyclic) bond motifs is 3. The Morgan fingerprint density at radius 1 is 0.938 bits per heavy atom. The second-order valence-electron chi connectivity index (χ2n) is 3.71. The Kier molecular flexibility index (Phi) is 1.93. The highest BCUT2D eigenvalue weighted by molar-refractivity contribution is 5.95. The molecule has 1 heterocycles. The average Bonchev–Trinajstić information content (AvgIpc) is 2.48. The molecule has 0 amide bonds. The summed E-state index contributed by atoms with van der Waals surface area (Å²) >= 11 is 0. The summed E-state index contributed by atoms with van der Waals surface area (Å²) in [5, 5.41) is 2.16. The minimum atomic E-state index is 0.0191. The van der Waals surface area contributed by atoms with Gasteiger partial charge in [0.15, 0.2) is 5.43 Å². The number of hydrogen-bond acceptors (Lipinski definition) is 2. The first-order valence-electron chi connectivity index (χ1n) is 5.12. The van der Waals surface area contributed by atoms with E-state index in [0.717, 1.165) is 22.0 Å². The van der Waals surface area contributed by atoms with Gasteiger partial charge < -0.3 is 0 Å². The van der Waals surface area contributed by atoms with Crippen molar-refractivity contribution in [2.45, 2.75) is 0 Å². The molecule has 2 nitrogen and oxygen atoms in total. The molecule has 0 fully saturated rings. The number of nitrogens with zero attached hydrogens (tertiary/aromatic N) is 1. The molecule has 0 spiro atoms. The maximum atomic E-state index is 11.4. The van der Waals surface area contributed by atoms with Crippen LogP contribution < -0.4 is 5.43 Å². The van der Waals surface area contributed by atoms with Crippen molar-refractivity contribution in [2.24, 2.45) is 0 Å².